The summed E-state index contributed by atoms with van der Waals surface area (Å²) in [6.07, 6.45) is 5.90. The summed E-state index contributed by atoms with van der Waals surface area (Å²) in [7, 11) is 1.53. The Morgan fingerprint density at radius 3 is 2.84 bits per heavy atom. The van der Waals surface area contributed by atoms with Gasteiger partial charge in [0.15, 0.2) is 0 Å². The van der Waals surface area contributed by atoms with Gasteiger partial charge in [-0.3, -0.25) is 9.48 Å². The van der Waals surface area contributed by atoms with Crippen LogP contribution in [-0.4, -0.2) is 39.8 Å². The zero-order valence-corrected chi connectivity index (χ0v) is 18.9. The van der Waals surface area contributed by atoms with Crippen molar-refractivity contribution in [1.29, 1.82) is 0 Å². The van der Waals surface area contributed by atoms with Gasteiger partial charge in [0.25, 0.3) is 12.3 Å². The van der Waals surface area contributed by atoms with E-state index in [1.54, 1.807) is 4.90 Å². The Kier molecular flexibility index (Phi) is 8.29. The van der Waals surface area contributed by atoms with E-state index in [1.165, 1.54) is 42.8 Å². The first-order valence-corrected chi connectivity index (χ1v) is 11.3. The molecule has 1 aliphatic rings. The van der Waals surface area contributed by atoms with Gasteiger partial charge in [-0.25, -0.2) is 8.78 Å². The first kappa shape index (κ1) is 23.5. The van der Waals surface area contributed by atoms with Gasteiger partial charge in [0.1, 0.15) is 18.1 Å². The lowest BCUT2D eigenvalue weighted by Gasteiger charge is -2.25. The predicted molar refractivity (Wildman–Crippen MR) is 117 cm³/mol. The molecule has 5 nitrogen and oxygen atoms in total. The minimum atomic E-state index is -2.79. The summed E-state index contributed by atoms with van der Waals surface area (Å²) in [4.78, 5) is 14.5. The van der Waals surface area contributed by atoms with Crippen LogP contribution in [0.5, 0.6) is 5.75 Å². The number of aromatic nitrogens is 2. The van der Waals surface area contributed by atoms with E-state index in [1.807, 2.05) is 18.2 Å². The molecule has 0 spiro atoms. The molecular formula is C23H30ClF2N3O2. The molecule has 0 saturated carbocycles. The lowest BCUT2D eigenvalue weighted by molar-refractivity contribution is 0.0680. The second-order valence-electron chi connectivity index (χ2n) is 8.08. The molecule has 1 aromatic heterocycles. The fraction of sp³-hybridized carbons (Fsp3) is 0.565. The molecule has 31 heavy (non-hydrogen) atoms. The maximum atomic E-state index is 13.3. The number of carbonyl (C=O) groups is 1. The number of unbranched alkanes of at least 4 members (excludes halogenated alkanes) is 3. The Balaban J connectivity index is 1.61. The third-order valence-electron chi connectivity index (χ3n) is 5.68. The monoisotopic (exact) mass is 453 g/mol. The summed E-state index contributed by atoms with van der Waals surface area (Å²) in [5, 5.41) is 4.29. The van der Waals surface area contributed by atoms with E-state index in [2.05, 4.69) is 12.0 Å². The second kappa shape index (κ2) is 10.9. The van der Waals surface area contributed by atoms with Crippen LogP contribution in [0.25, 0.3) is 0 Å². The molecule has 1 saturated heterocycles. The van der Waals surface area contributed by atoms with Gasteiger partial charge in [-0.05, 0) is 43.4 Å². The summed E-state index contributed by atoms with van der Waals surface area (Å²) in [6, 6.07) is 5.64. The minimum Gasteiger partial charge on any atom is -0.490 e. The van der Waals surface area contributed by atoms with Crippen LogP contribution in [0.15, 0.2) is 24.4 Å². The third-order valence-corrected chi connectivity index (χ3v) is 5.97. The van der Waals surface area contributed by atoms with Crippen LogP contribution in [0, 0.1) is 0 Å². The summed E-state index contributed by atoms with van der Waals surface area (Å²) in [5.74, 6) is 0.149. The van der Waals surface area contributed by atoms with Crippen molar-refractivity contribution >= 4 is 17.5 Å². The molecule has 0 N–H and O–H groups in total. The number of amides is 1. The number of likely N-dealkylation sites (tertiary alicyclic amines) is 1. The van der Waals surface area contributed by atoms with Crippen LogP contribution in [0.1, 0.15) is 73.5 Å². The predicted octanol–water partition coefficient (Wildman–Crippen LogP) is 5.82. The molecule has 8 heteroatoms. The Labute approximate surface area is 187 Å². The number of halogens is 3. The molecule has 1 aliphatic heterocycles. The van der Waals surface area contributed by atoms with Crippen LogP contribution in [0.3, 0.4) is 0 Å². The van der Waals surface area contributed by atoms with Gasteiger partial charge in [-0.15, -0.1) is 0 Å². The molecule has 0 radical (unpaired) electrons. The van der Waals surface area contributed by atoms with Gasteiger partial charge in [0.05, 0.1) is 16.6 Å². The number of carbonyl (C=O) groups excluding carboxylic acids is 1. The molecule has 3 rings (SSSR count). The molecule has 2 aromatic rings. The van der Waals surface area contributed by atoms with Crippen LogP contribution in [-0.2, 0) is 13.5 Å². The smallest absolute Gasteiger partial charge is 0.282 e. The molecule has 1 aromatic carbocycles. The molecule has 1 unspecified atom stereocenters. The van der Waals surface area contributed by atoms with Crippen LogP contribution < -0.4 is 4.74 Å². The number of aryl methyl sites for hydroxylation is 2. The van der Waals surface area contributed by atoms with Crippen molar-refractivity contribution in [3.63, 3.8) is 0 Å². The summed E-state index contributed by atoms with van der Waals surface area (Å²) in [6.45, 7) is 2.97. The van der Waals surface area contributed by atoms with Gasteiger partial charge in [0, 0.05) is 19.8 Å². The first-order chi connectivity index (χ1) is 14.9. The average molecular weight is 454 g/mol. The minimum absolute atomic E-state index is 0.0464. The molecular weight excluding hydrogens is 424 g/mol. The van der Waals surface area contributed by atoms with E-state index in [-0.39, 0.29) is 18.2 Å². The van der Waals surface area contributed by atoms with Gasteiger partial charge < -0.3 is 9.64 Å². The standard InChI is InChI=1S/C23H30ClF2N3O2/c1-3-4-5-6-8-16-10-11-20(19(24)13-16)31-15-17-9-7-12-29(17)23(30)18-14-28(2)27-21(18)22(25)26/h10-11,13-14,17,22H,3-9,12,15H2,1-2H3. The molecule has 2 heterocycles. The Hall–Kier alpha value is -2.15. The average Bonchev–Trinajstić information content (AvgIpc) is 3.36. The largest absolute Gasteiger partial charge is 0.490 e. The Bertz CT molecular complexity index is 888. The van der Waals surface area contributed by atoms with Crippen molar-refractivity contribution in [3.8, 4) is 5.75 Å². The normalized spacial score (nSPS) is 16.3. The van der Waals surface area contributed by atoms with E-state index in [9.17, 15) is 13.6 Å². The summed E-state index contributed by atoms with van der Waals surface area (Å²) >= 11 is 6.41. The molecule has 1 fully saturated rings. The maximum absolute atomic E-state index is 13.3. The van der Waals surface area contributed by atoms with Crippen LogP contribution in [0.4, 0.5) is 8.78 Å². The van der Waals surface area contributed by atoms with Gasteiger partial charge in [-0.2, -0.15) is 5.10 Å². The van der Waals surface area contributed by atoms with Gasteiger partial charge in [-0.1, -0.05) is 43.9 Å². The number of hydrogen-bond donors (Lipinski definition) is 0. The lowest BCUT2D eigenvalue weighted by Crippen LogP contribution is -2.39. The fourth-order valence-corrected chi connectivity index (χ4v) is 4.28. The molecule has 170 valence electrons. The number of hydrogen-bond acceptors (Lipinski definition) is 3. The number of ether oxygens (including phenoxy) is 1. The molecule has 0 bridgehead atoms. The van der Waals surface area contributed by atoms with E-state index < -0.39 is 18.0 Å². The molecule has 1 atom stereocenters. The summed E-state index contributed by atoms with van der Waals surface area (Å²) < 4.78 is 33.7. The first-order valence-electron chi connectivity index (χ1n) is 10.9. The summed E-state index contributed by atoms with van der Waals surface area (Å²) in [5.41, 5.74) is 0.661. The Morgan fingerprint density at radius 1 is 1.32 bits per heavy atom. The second-order valence-corrected chi connectivity index (χ2v) is 8.49. The Morgan fingerprint density at radius 2 is 2.13 bits per heavy atom. The van der Waals surface area contributed by atoms with Crippen molar-refractivity contribution in [2.75, 3.05) is 13.2 Å². The highest BCUT2D eigenvalue weighted by Gasteiger charge is 2.33. The number of rotatable bonds is 10. The van der Waals surface area contributed by atoms with E-state index in [0.717, 1.165) is 25.7 Å². The van der Waals surface area contributed by atoms with E-state index in [4.69, 9.17) is 16.3 Å². The van der Waals surface area contributed by atoms with Crippen molar-refractivity contribution in [2.24, 2.45) is 7.05 Å². The topological polar surface area (TPSA) is 47.4 Å². The van der Waals surface area contributed by atoms with Gasteiger partial charge in [0.2, 0.25) is 0 Å². The quantitative estimate of drug-likeness (QED) is 0.426. The van der Waals surface area contributed by atoms with Crippen molar-refractivity contribution in [2.45, 2.75) is 64.3 Å². The lowest BCUT2D eigenvalue weighted by atomic mass is 10.1. The van der Waals surface area contributed by atoms with Crippen molar-refractivity contribution in [1.82, 2.24) is 14.7 Å². The third kappa shape index (κ3) is 5.97. The number of nitrogens with zero attached hydrogens (tertiary/aromatic N) is 3. The molecule has 0 aliphatic carbocycles. The van der Waals surface area contributed by atoms with Crippen LogP contribution >= 0.6 is 11.6 Å². The molecule has 1 amide bonds. The van der Waals surface area contributed by atoms with Crippen molar-refractivity contribution < 1.29 is 18.3 Å². The van der Waals surface area contributed by atoms with Crippen molar-refractivity contribution in [3.05, 3.63) is 46.2 Å². The number of alkyl halides is 2. The van der Waals surface area contributed by atoms with E-state index in [0.29, 0.717) is 17.3 Å². The van der Waals surface area contributed by atoms with Gasteiger partial charge >= 0.3 is 0 Å². The van der Waals surface area contributed by atoms with E-state index >= 15 is 0 Å². The number of benzene rings is 1. The SMILES string of the molecule is CCCCCCc1ccc(OCC2CCCN2C(=O)c2cn(C)nc2C(F)F)c(Cl)c1. The highest BCUT2D eigenvalue weighted by atomic mass is 35.5. The maximum Gasteiger partial charge on any atom is 0.282 e. The zero-order chi connectivity index (χ0) is 22.4. The zero-order valence-electron chi connectivity index (χ0n) is 18.1. The fourth-order valence-electron chi connectivity index (χ4n) is 4.02. The highest BCUT2D eigenvalue weighted by Crippen LogP contribution is 2.29. The highest BCUT2D eigenvalue weighted by molar-refractivity contribution is 6.32. The van der Waals surface area contributed by atoms with Crippen LogP contribution in [0.2, 0.25) is 5.02 Å².